The Hall–Kier alpha value is 0.293. The SMILES string of the molecule is CC1=[C-]CC=C1.CC1=[C-]CC=C1.C[C](C)=[Zr+2].Cl.Cl. The third-order valence-electron chi connectivity index (χ3n) is 1.73. The zero-order chi connectivity index (χ0) is 12.4. The number of hydrogen-bond donors (Lipinski definition) is 0. The third-order valence-corrected chi connectivity index (χ3v) is 1.73. The van der Waals surface area contributed by atoms with Crippen LogP contribution in [-0.4, -0.2) is 3.21 Å². The van der Waals surface area contributed by atoms with Gasteiger partial charge in [-0.3, -0.25) is 12.2 Å². The van der Waals surface area contributed by atoms with E-state index in [4.69, 9.17) is 0 Å². The maximum Gasteiger partial charge on any atom is -0.147 e. The first-order valence-electron chi connectivity index (χ1n) is 5.52. The fourth-order valence-corrected chi connectivity index (χ4v) is 1.03. The van der Waals surface area contributed by atoms with Crippen molar-refractivity contribution >= 4 is 28.0 Å². The molecule has 0 amide bonds. The Kier molecular flexibility index (Phi) is 19.9. The van der Waals surface area contributed by atoms with Gasteiger partial charge in [0.1, 0.15) is 0 Å². The minimum Gasteiger partial charge on any atom is -0.147 e. The Balaban J connectivity index is -0.000000182. The Morgan fingerprint density at radius 3 is 1.28 bits per heavy atom. The topological polar surface area (TPSA) is 0 Å². The van der Waals surface area contributed by atoms with Gasteiger partial charge in [-0.05, 0) is 0 Å². The van der Waals surface area contributed by atoms with Gasteiger partial charge in [0.05, 0.1) is 0 Å². The summed E-state index contributed by atoms with van der Waals surface area (Å²) in [6.45, 7) is 8.36. The Labute approximate surface area is 139 Å². The molecule has 0 aromatic carbocycles. The van der Waals surface area contributed by atoms with Crippen molar-refractivity contribution in [3.63, 3.8) is 0 Å². The number of allylic oxidation sites excluding steroid dienone is 8. The van der Waals surface area contributed by atoms with Crippen LogP contribution in [0, 0.1) is 12.2 Å². The summed E-state index contributed by atoms with van der Waals surface area (Å²) in [5, 5.41) is 0. The molecule has 2 aliphatic rings. The largest absolute Gasteiger partial charge is 0.147 e. The van der Waals surface area contributed by atoms with Crippen LogP contribution in [0.1, 0.15) is 40.5 Å². The molecule has 0 saturated heterocycles. The van der Waals surface area contributed by atoms with E-state index >= 15 is 0 Å². The predicted molar refractivity (Wildman–Crippen MR) is 83.2 cm³/mol. The van der Waals surface area contributed by atoms with Crippen LogP contribution in [-0.2, 0) is 24.2 Å². The predicted octanol–water partition coefficient (Wildman–Crippen LogP) is 4.98. The van der Waals surface area contributed by atoms with Crippen LogP contribution in [0.4, 0.5) is 0 Å². The number of hydrogen-bond acceptors (Lipinski definition) is 0. The van der Waals surface area contributed by atoms with Gasteiger partial charge < -0.3 is 0 Å². The second-order valence-electron chi connectivity index (χ2n) is 3.93. The van der Waals surface area contributed by atoms with Crippen molar-refractivity contribution in [2.24, 2.45) is 0 Å². The van der Waals surface area contributed by atoms with Gasteiger partial charge in [0.25, 0.3) is 0 Å². The second kappa shape index (κ2) is 15.4. The van der Waals surface area contributed by atoms with Crippen LogP contribution < -0.4 is 0 Å². The van der Waals surface area contributed by atoms with Crippen molar-refractivity contribution in [3.05, 3.63) is 47.6 Å². The standard InChI is InChI=1S/2C6H7.C3H6.2ClH.Zr/c2*1-6-4-2-3-5-6;1-3-2;;;/h2*2,4H,3H2,1H3;1-2H3;2*1H;/q2*-1;;;;+2. The van der Waals surface area contributed by atoms with Crippen molar-refractivity contribution in [2.75, 3.05) is 0 Å². The summed E-state index contributed by atoms with van der Waals surface area (Å²) >= 11 is 1.55. The molecule has 0 heterocycles. The maximum absolute atomic E-state index is 3.12. The van der Waals surface area contributed by atoms with Crippen molar-refractivity contribution in [1.29, 1.82) is 0 Å². The second-order valence-corrected chi connectivity index (χ2v) is 6.39. The van der Waals surface area contributed by atoms with E-state index in [-0.39, 0.29) is 24.8 Å². The summed E-state index contributed by atoms with van der Waals surface area (Å²) < 4.78 is 1.51. The van der Waals surface area contributed by atoms with E-state index in [9.17, 15) is 0 Å². The summed E-state index contributed by atoms with van der Waals surface area (Å²) in [5.41, 5.74) is 2.55. The molecular weight excluding hydrogens is 342 g/mol. The van der Waals surface area contributed by atoms with Gasteiger partial charge in [-0.2, -0.15) is 12.2 Å². The van der Waals surface area contributed by atoms with Gasteiger partial charge in [0, 0.05) is 0 Å². The normalized spacial score (nSPS) is 13.9. The molecule has 0 fully saturated rings. The van der Waals surface area contributed by atoms with Crippen LogP contribution in [0.15, 0.2) is 35.5 Å². The summed E-state index contributed by atoms with van der Waals surface area (Å²) in [6.07, 6.45) is 16.7. The average molecular weight is 364 g/mol. The molecule has 100 valence electrons. The summed E-state index contributed by atoms with van der Waals surface area (Å²) in [5.74, 6) is 0. The van der Waals surface area contributed by atoms with Crippen molar-refractivity contribution in [1.82, 2.24) is 0 Å². The molecule has 0 atom stereocenters. The fraction of sp³-hybridized carbons (Fsp3) is 0.400. The van der Waals surface area contributed by atoms with E-state index in [0.717, 1.165) is 12.8 Å². The van der Waals surface area contributed by atoms with Gasteiger partial charge in [-0.15, -0.1) is 37.7 Å². The molecule has 0 spiro atoms. The first kappa shape index (κ1) is 23.4. The van der Waals surface area contributed by atoms with E-state index in [2.05, 4.69) is 64.2 Å². The van der Waals surface area contributed by atoms with Crippen LogP contribution in [0.2, 0.25) is 0 Å². The van der Waals surface area contributed by atoms with E-state index in [1.54, 1.807) is 24.2 Å². The van der Waals surface area contributed by atoms with E-state index in [1.807, 2.05) is 0 Å². The van der Waals surface area contributed by atoms with Gasteiger partial charge in [-0.1, -0.05) is 13.8 Å². The summed E-state index contributed by atoms with van der Waals surface area (Å²) in [4.78, 5) is 0. The van der Waals surface area contributed by atoms with E-state index < -0.39 is 0 Å². The Morgan fingerprint density at radius 2 is 1.22 bits per heavy atom. The van der Waals surface area contributed by atoms with Gasteiger partial charge >= 0.3 is 41.3 Å². The first-order chi connectivity index (χ1) is 7.52. The fourth-order valence-electron chi connectivity index (χ4n) is 1.03. The number of rotatable bonds is 0. The Bertz CT molecular complexity index is 299. The minimum absolute atomic E-state index is 0. The molecule has 18 heavy (non-hydrogen) atoms. The van der Waals surface area contributed by atoms with E-state index in [1.165, 1.54) is 14.4 Å². The smallest absolute Gasteiger partial charge is 0.147 e. The molecule has 0 saturated carbocycles. The number of halogens is 2. The first-order valence-corrected chi connectivity index (χ1v) is 6.75. The molecule has 0 nitrogen and oxygen atoms in total. The van der Waals surface area contributed by atoms with Crippen molar-refractivity contribution in [2.45, 2.75) is 40.5 Å². The van der Waals surface area contributed by atoms with Gasteiger partial charge in [0.15, 0.2) is 0 Å². The van der Waals surface area contributed by atoms with Crippen LogP contribution in [0.25, 0.3) is 0 Å². The quantitative estimate of drug-likeness (QED) is 0.532. The molecule has 0 N–H and O–H groups in total. The zero-order valence-electron chi connectivity index (χ0n) is 11.5. The molecule has 3 heteroatoms. The van der Waals surface area contributed by atoms with Crippen LogP contribution in [0.5, 0.6) is 0 Å². The molecule has 0 aromatic heterocycles. The molecule has 0 bridgehead atoms. The van der Waals surface area contributed by atoms with Crippen LogP contribution >= 0.6 is 24.8 Å². The minimum atomic E-state index is 0. The van der Waals surface area contributed by atoms with Crippen molar-refractivity contribution < 1.29 is 24.2 Å². The van der Waals surface area contributed by atoms with Gasteiger partial charge in [-0.25, -0.2) is 23.3 Å². The third kappa shape index (κ3) is 18.7. The molecule has 0 radical (unpaired) electrons. The molecular formula is C15H22Cl2Zr. The van der Waals surface area contributed by atoms with Crippen LogP contribution in [0.3, 0.4) is 0 Å². The monoisotopic (exact) mass is 362 g/mol. The van der Waals surface area contributed by atoms with Crippen molar-refractivity contribution in [3.8, 4) is 0 Å². The average Bonchev–Trinajstić information content (AvgIpc) is 2.78. The van der Waals surface area contributed by atoms with E-state index in [0.29, 0.717) is 0 Å². The Morgan fingerprint density at radius 1 is 0.944 bits per heavy atom. The zero-order valence-corrected chi connectivity index (χ0v) is 15.6. The molecule has 0 aliphatic heterocycles. The maximum atomic E-state index is 3.12. The molecule has 2 aliphatic carbocycles. The molecule has 2 rings (SSSR count). The summed E-state index contributed by atoms with van der Waals surface area (Å²) in [7, 11) is 0. The van der Waals surface area contributed by atoms with Gasteiger partial charge in [0.2, 0.25) is 0 Å². The molecule has 0 aromatic rings. The molecule has 0 unspecified atom stereocenters. The summed E-state index contributed by atoms with van der Waals surface area (Å²) in [6, 6.07) is 0.